The smallest absolute Gasteiger partial charge is 0.231 e. The minimum Gasteiger partial charge on any atom is -0.454 e. The van der Waals surface area contributed by atoms with E-state index in [1.54, 1.807) is 30.3 Å². The standard InChI is InChI=1S/C16H12ClNO3/c17-11-4-1-10(2-5-11)3-6-14(19)12-7-15-16(8-13(12)18)21-9-20-15/h1-8H,9,18H2/b6-3+. The van der Waals surface area contributed by atoms with Gasteiger partial charge in [-0.25, -0.2) is 0 Å². The van der Waals surface area contributed by atoms with Gasteiger partial charge in [0.25, 0.3) is 0 Å². The highest BCUT2D eigenvalue weighted by atomic mass is 35.5. The first-order chi connectivity index (χ1) is 10.1. The number of carbonyl (C=O) groups excluding carboxylic acids is 1. The normalized spacial score (nSPS) is 12.8. The van der Waals surface area contributed by atoms with Gasteiger partial charge in [-0.05, 0) is 29.8 Å². The molecule has 0 unspecified atom stereocenters. The largest absolute Gasteiger partial charge is 0.454 e. The van der Waals surface area contributed by atoms with Crippen LogP contribution in [0, 0.1) is 0 Å². The van der Waals surface area contributed by atoms with Crippen LogP contribution in [0.1, 0.15) is 15.9 Å². The second-order valence-electron chi connectivity index (χ2n) is 4.54. The van der Waals surface area contributed by atoms with Crippen LogP contribution in [0.4, 0.5) is 5.69 Å². The van der Waals surface area contributed by atoms with Crippen molar-refractivity contribution in [2.75, 3.05) is 12.5 Å². The molecule has 4 nitrogen and oxygen atoms in total. The zero-order chi connectivity index (χ0) is 14.8. The highest BCUT2D eigenvalue weighted by Crippen LogP contribution is 2.36. The van der Waals surface area contributed by atoms with Gasteiger partial charge < -0.3 is 15.2 Å². The van der Waals surface area contributed by atoms with E-state index in [1.807, 2.05) is 12.1 Å². The van der Waals surface area contributed by atoms with Crippen molar-refractivity contribution in [1.82, 2.24) is 0 Å². The van der Waals surface area contributed by atoms with Gasteiger partial charge in [0.15, 0.2) is 17.3 Å². The first kappa shape index (κ1) is 13.5. The van der Waals surface area contributed by atoms with E-state index in [4.69, 9.17) is 26.8 Å². The summed E-state index contributed by atoms with van der Waals surface area (Å²) in [6.45, 7) is 0.146. The third-order valence-electron chi connectivity index (χ3n) is 3.11. The number of rotatable bonds is 3. The molecule has 0 fully saturated rings. The Hall–Kier alpha value is -2.46. The fourth-order valence-corrected chi connectivity index (χ4v) is 2.13. The average Bonchev–Trinajstić information content (AvgIpc) is 2.92. The number of allylic oxidation sites excluding steroid dienone is 1. The predicted molar refractivity (Wildman–Crippen MR) is 81.8 cm³/mol. The molecule has 0 spiro atoms. The van der Waals surface area contributed by atoms with Crippen LogP contribution in [0.2, 0.25) is 5.02 Å². The van der Waals surface area contributed by atoms with Crippen LogP contribution in [0.15, 0.2) is 42.5 Å². The number of nitrogens with two attached hydrogens (primary N) is 1. The fraction of sp³-hybridized carbons (Fsp3) is 0.0625. The van der Waals surface area contributed by atoms with E-state index in [0.717, 1.165) is 5.56 Å². The molecular weight excluding hydrogens is 290 g/mol. The van der Waals surface area contributed by atoms with Crippen molar-refractivity contribution in [2.45, 2.75) is 0 Å². The average molecular weight is 302 g/mol. The highest BCUT2D eigenvalue weighted by Gasteiger charge is 2.18. The second kappa shape index (κ2) is 5.50. The van der Waals surface area contributed by atoms with Crippen LogP contribution in [0.5, 0.6) is 11.5 Å². The highest BCUT2D eigenvalue weighted by molar-refractivity contribution is 6.30. The van der Waals surface area contributed by atoms with Gasteiger partial charge in [0.1, 0.15) is 0 Å². The Bertz CT molecular complexity index is 723. The molecule has 0 saturated heterocycles. The van der Waals surface area contributed by atoms with Gasteiger partial charge in [-0.3, -0.25) is 4.79 Å². The molecule has 21 heavy (non-hydrogen) atoms. The summed E-state index contributed by atoms with van der Waals surface area (Å²) in [7, 11) is 0. The molecule has 0 aliphatic carbocycles. The van der Waals surface area contributed by atoms with Crippen LogP contribution in [0.25, 0.3) is 6.08 Å². The van der Waals surface area contributed by atoms with Gasteiger partial charge >= 0.3 is 0 Å². The number of ketones is 1. The Balaban J connectivity index is 1.84. The number of halogens is 1. The summed E-state index contributed by atoms with van der Waals surface area (Å²) in [6, 6.07) is 10.4. The summed E-state index contributed by atoms with van der Waals surface area (Å²) in [5.74, 6) is 0.902. The van der Waals surface area contributed by atoms with Crippen molar-refractivity contribution in [3.05, 3.63) is 58.6 Å². The summed E-state index contributed by atoms with van der Waals surface area (Å²) < 4.78 is 10.5. The van der Waals surface area contributed by atoms with Gasteiger partial charge in [0, 0.05) is 22.3 Å². The lowest BCUT2D eigenvalue weighted by Gasteiger charge is -2.04. The van der Waals surface area contributed by atoms with Gasteiger partial charge in [0.2, 0.25) is 6.79 Å². The third kappa shape index (κ3) is 2.85. The zero-order valence-corrected chi connectivity index (χ0v) is 11.8. The summed E-state index contributed by atoms with van der Waals surface area (Å²) in [6.07, 6.45) is 3.18. The van der Waals surface area contributed by atoms with Crippen molar-refractivity contribution in [3.63, 3.8) is 0 Å². The molecule has 0 amide bonds. The van der Waals surface area contributed by atoms with Gasteiger partial charge in [0.05, 0.1) is 0 Å². The number of fused-ring (bicyclic) bond motifs is 1. The zero-order valence-electron chi connectivity index (χ0n) is 11.0. The van der Waals surface area contributed by atoms with Crippen LogP contribution in [0.3, 0.4) is 0 Å². The maximum atomic E-state index is 12.2. The van der Waals surface area contributed by atoms with E-state index in [0.29, 0.717) is 27.8 Å². The third-order valence-corrected chi connectivity index (χ3v) is 3.36. The first-order valence-corrected chi connectivity index (χ1v) is 6.68. The van der Waals surface area contributed by atoms with E-state index >= 15 is 0 Å². The summed E-state index contributed by atoms with van der Waals surface area (Å²) in [5.41, 5.74) is 7.52. The Morgan fingerprint density at radius 3 is 2.52 bits per heavy atom. The summed E-state index contributed by atoms with van der Waals surface area (Å²) in [4.78, 5) is 12.2. The summed E-state index contributed by atoms with van der Waals surface area (Å²) in [5, 5.41) is 0.651. The Labute approximate surface area is 126 Å². The van der Waals surface area contributed by atoms with Gasteiger partial charge in [-0.1, -0.05) is 29.8 Å². The number of ether oxygens (including phenoxy) is 2. The molecule has 1 aliphatic heterocycles. The molecule has 2 aromatic rings. The van der Waals surface area contributed by atoms with Crippen molar-refractivity contribution in [3.8, 4) is 11.5 Å². The maximum Gasteiger partial charge on any atom is 0.231 e. The number of hydrogen-bond donors (Lipinski definition) is 1. The Morgan fingerprint density at radius 2 is 1.81 bits per heavy atom. The molecule has 0 saturated carbocycles. The monoisotopic (exact) mass is 301 g/mol. The molecule has 0 bridgehead atoms. The Kier molecular flexibility index (Phi) is 3.54. The molecule has 1 aliphatic rings. The van der Waals surface area contributed by atoms with Crippen LogP contribution in [-0.2, 0) is 0 Å². The van der Waals surface area contributed by atoms with Crippen molar-refractivity contribution in [2.24, 2.45) is 0 Å². The fourth-order valence-electron chi connectivity index (χ4n) is 2.01. The van der Waals surface area contributed by atoms with Crippen LogP contribution in [-0.4, -0.2) is 12.6 Å². The first-order valence-electron chi connectivity index (χ1n) is 6.30. The van der Waals surface area contributed by atoms with E-state index < -0.39 is 0 Å². The number of carbonyl (C=O) groups is 1. The minimum absolute atomic E-state index is 0.146. The number of anilines is 1. The molecule has 2 N–H and O–H groups in total. The molecule has 106 valence electrons. The number of nitrogen functional groups attached to an aromatic ring is 1. The van der Waals surface area contributed by atoms with E-state index in [-0.39, 0.29) is 12.6 Å². The lowest BCUT2D eigenvalue weighted by Crippen LogP contribution is -2.00. The van der Waals surface area contributed by atoms with Gasteiger partial charge in [-0.2, -0.15) is 0 Å². The topological polar surface area (TPSA) is 61.6 Å². The van der Waals surface area contributed by atoms with E-state index in [9.17, 15) is 4.79 Å². The SMILES string of the molecule is Nc1cc2c(cc1C(=O)/C=C/c1ccc(Cl)cc1)OCO2. The van der Waals surface area contributed by atoms with Crippen LogP contribution < -0.4 is 15.2 Å². The molecule has 0 atom stereocenters. The molecule has 0 aromatic heterocycles. The van der Waals surface area contributed by atoms with Crippen molar-refractivity contribution in [1.29, 1.82) is 0 Å². The van der Waals surface area contributed by atoms with Crippen molar-refractivity contribution < 1.29 is 14.3 Å². The number of benzene rings is 2. The quantitative estimate of drug-likeness (QED) is 0.535. The number of hydrogen-bond acceptors (Lipinski definition) is 4. The molecule has 2 aromatic carbocycles. The summed E-state index contributed by atoms with van der Waals surface area (Å²) >= 11 is 5.81. The molecule has 1 heterocycles. The molecule has 3 rings (SSSR count). The van der Waals surface area contributed by atoms with E-state index in [1.165, 1.54) is 6.08 Å². The minimum atomic E-state index is -0.194. The lowest BCUT2D eigenvalue weighted by molar-refractivity contribution is 0.104. The van der Waals surface area contributed by atoms with Gasteiger partial charge in [-0.15, -0.1) is 0 Å². The Morgan fingerprint density at radius 1 is 1.14 bits per heavy atom. The van der Waals surface area contributed by atoms with E-state index in [2.05, 4.69) is 0 Å². The molecule has 5 heteroatoms. The maximum absolute atomic E-state index is 12.2. The second-order valence-corrected chi connectivity index (χ2v) is 4.98. The lowest BCUT2D eigenvalue weighted by atomic mass is 10.1. The molecule has 0 radical (unpaired) electrons. The predicted octanol–water partition coefficient (Wildman–Crippen LogP) is 3.55. The van der Waals surface area contributed by atoms with Crippen molar-refractivity contribution >= 4 is 29.1 Å². The van der Waals surface area contributed by atoms with Crippen LogP contribution >= 0.6 is 11.6 Å². The molecular formula is C16H12ClNO3.